The SMILES string of the molecule is Oc1c2c(c(O)n1-c1ccc(Br)cc1)[C@@H]1CC[C@H]2[C@H]2C[C@H]21. The molecule has 0 amide bonds. The van der Waals surface area contributed by atoms with E-state index in [0.717, 1.165) is 46.0 Å². The Morgan fingerprint density at radius 2 is 1.43 bits per heavy atom. The van der Waals surface area contributed by atoms with E-state index in [-0.39, 0.29) is 11.8 Å². The molecule has 4 aliphatic carbocycles. The maximum absolute atomic E-state index is 10.7. The molecule has 0 spiro atoms. The predicted molar refractivity (Wildman–Crippen MR) is 83.1 cm³/mol. The first-order valence-corrected chi connectivity index (χ1v) is 8.38. The zero-order valence-corrected chi connectivity index (χ0v) is 13.0. The molecule has 108 valence electrons. The van der Waals surface area contributed by atoms with E-state index in [1.165, 1.54) is 6.42 Å². The van der Waals surface area contributed by atoms with Crippen LogP contribution in [0.1, 0.15) is 42.2 Å². The van der Waals surface area contributed by atoms with Crippen molar-refractivity contribution in [1.29, 1.82) is 0 Å². The van der Waals surface area contributed by atoms with Crippen LogP contribution in [0.5, 0.6) is 11.8 Å². The molecule has 4 heteroatoms. The number of aromatic nitrogens is 1. The molecule has 1 aromatic carbocycles. The van der Waals surface area contributed by atoms with E-state index in [0.29, 0.717) is 11.8 Å². The highest BCUT2D eigenvalue weighted by Gasteiger charge is 2.58. The van der Waals surface area contributed by atoms with Crippen LogP contribution in [0.15, 0.2) is 28.7 Å². The van der Waals surface area contributed by atoms with Crippen molar-refractivity contribution in [3.63, 3.8) is 0 Å². The number of halogens is 1. The molecule has 2 bridgehead atoms. The molecule has 4 atom stereocenters. The smallest absolute Gasteiger partial charge is 0.202 e. The summed E-state index contributed by atoms with van der Waals surface area (Å²) < 4.78 is 2.61. The molecule has 4 aliphatic rings. The highest BCUT2D eigenvalue weighted by Crippen LogP contribution is 2.70. The van der Waals surface area contributed by atoms with Gasteiger partial charge in [-0.1, -0.05) is 15.9 Å². The van der Waals surface area contributed by atoms with Gasteiger partial charge in [0.1, 0.15) is 0 Å². The van der Waals surface area contributed by atoms with E-state index in [2.05, 4.69) is 15.9 Å². The fourth-order valence-corrected chi connectivity index (χ4v) is 5.08. The Labute approximate surface area is 131 Å². The van der Waals surface area contributed by atoms with E-state index in [1.807, 2.05) is 24.3 Å². The van der Waals surface area contributed by atoms with Gasteiger partial charge in [-0.15, -0.1) is 0 Å². The van der Waals surface area contributed by atoms with Gasteiger partial charge in [0.25, 0.3) is 0 Å². The Balaban J connectivity index is 1.74. The Kier molecular flexibility index (Phi) is 2.23. The molecule has 2 saturated carbocycles. The van der Waals surface area contributed by atoms with Crippen LogP contribution in [0.4, 0.5) is 0 Å². The van der Waals surface area contributed by atoms with Gasteiger partial charge < -0.3 is 10.2 Å². The molecule has 1 heterocycles. The van der Waals surface area contributed by atoms with Gasteiger partial charge in [-0.25, -0.2) is 0 Å². The molecule has 2 N–H and O–H groups in total. The van der Waals surface area contributed by atoms with Gasteiger partial charge in [0.2, 0.25) is 11.8 Å². The molecule has 2 aromatic rings. The normalized spacial score (nSPS) is 31.9. The minimum atomic E-state index is 0.255. The predicted octanol–water partition coefficient (Wildman–Crippen LogP) is 4.26. The number of hydrogen-bond acceptors (Lipinski definition) is 2. The van der Waals surface area contributed by atoms with E-state index in [1.54, 1.807) is 4.57 Å². The van der Waals surface area contributed by atoms with Crippen LogP contribution in [0.3, 0.4) is 0 Å². The molecule has 0 saturated heterocycles. The third-order valence-electron chi connectivity index (χ3n) is 5.74. The van der Waals surface area contributed by atoms with Crippen molar-refractivity contribution in [2.24, 2.45) is 11.8 Å². The first-order valence-electron chi connectivity index (χ1n) is 7.59. The van der Waals surface area contributed by atoms with Crippen molar-refractivity contribution in [1.82, 2.24) is 4.57 Å². The Bertz CT molecular complexity index is 710. The highest BCUT2D eigenvalue weighted by molar-refractivity contribution is 9.10. The van der Waals surface area contributed by atoms with E-state index >= 15 is 0 Å². The van der Waals surface area contributed by atoms with Crippen molar-refractivity contribution in [3.8, 4) is 17.4 Å². The van der Waals surface area contributed by atoms with Gasteiger partial charge in [0.05, 0.1) is 5.69 Å². The monoisotopic (exact) mass is 345 g/mol. The van der Waals surface area contributed by atoms with Gasteiger partial charge in [0.15, 0.2) is 0 Å². The number of aromatic hydroxyl groups is 2. The second kappa shape index (κ2) is 3.86. The number of rotatable bonds is 1. The second-order valence-electron chi connectivity index (χ2n) is 6.64. The Hall–Kier alpha value is -1.42. The summed E-state index contributed by atoms with van der Waals surface area (Å²) in [7, 11) is 0. The first kappa shape index (κ1) is 12.2. The van der Waals surface area contributed by atoms with Crippen LogP contribution in [0.2, 0.25) is 0 Å². The molecule has 21 heavy (non-hydrogen) atoms. The van der Waals surface area contributed by atoms with Crippen LogP contribution < -0.4 is 0 Å². The Morgan fingerprint density at radius 1 is 0.905 bits per heavy atom. The highest BCUT2D eigenvalue weighted by atomic mass is 79.9. The average molecular weight is 346 g/mol. The van der Waals surface area contributed by atoms with Gasteiger partial charge >= 0.3 is 0 Å². The van der Waals surface area contributed by atoms with Crippen LogP contribution in [-0.4, -0.2) is 14.8 Å². The van der Waals surface area contributed by atoms with Crippen LogP contribution in [0, 0.1) is 11.8 Å². The van der Waals surface area contributed by atoms with Crippen molar-refractivity contribution in [2.75, 3.05) is 0 Å². The summed E-state index contributed by atoms with van der Waals surface area (Å²) >= 11 is 3.42. The lowest BCUT2D eigenvalue weighted by Crippen LogP contribution is -2.22. The minimum Gasteiger partial charge on any atom is -0.494 e. The third-order valence-corrected chi connectivity index (χ3v) is 6.26. The summed E-state index contributed by atoms with van der Waals surface area (Å²) in [5, 5.41) is 21.5. The summed E-state index contributed by atoms with van der Waals surface area (Å²) in [6.45, 7) is 0. The quantitative estimate of drug-likeness (QED) is 0.810. The summed E-state index contributed by atoms with van der Waals surface area (Å²) in [6, 6.07) is 7.69. The van der Waals surface area contributed by atoms with Crippen LogP contribution in [0.25, 0.3) is 5.69 Å². The average Bonchev–Trinajstić information content (AvgIpc) is 3.26. The standard InChI is InChI=1S/C17H16BrNO2/c18-8-1-3-9(4-2-8)19-16(20)14-10-5-6-11(13-7-12(10)13)15(14)17(19)21/h1-4,10-13,20-21H,5-7H2/t10-,11+,12+,13-. The van der Waals surface area contributed by atoms with Gasteiger partial charge in [0, 0.05) is 15.6 Å². The van der Waals surface area contributed by atoms with Gasteiger partial charge in [-0.2, -0.15) is 0 Å². The second-order valence-corrected chi connectivity index (χ2v) is 7.56. The number of fused-ring (bicyclic) bond motifs is 1. The summed E-state index contributed by atoms with van der Waals surface area (Å²) in [4.78, 5) is 0. The maximum Gasteiger partial charge on any atom is 0.202 e. The molecule has 1 aromatic heterocycles. The lowest BCUT2D eigenvalue weighted by Gasteiger charge is -2.35. The van der Waals surface area contributed by atoms with Crippen LogP contribution >= 0.6 is 15.9 Å². The largest absolute Gasteiger partial charge is 0.494 e. The topological polar surface area (TPSA) is 45.4 Å². The lowest BCUT2D eigenvalue weighted by atomic mass is 9.68. The van der Waals surface area contributed by atoms with Crippen molar-refractivity contribution < 1.29 is 10.2 Å². The minimum absolute atomic E-state index is 0.255. The number of nitrogens with zero attached hydrogens (tertiary/aromatic N) is 1. The Morgan fingerprint density at radius 3 is 1.95 bits per heavy atom. The summed E-state index contributed by atoms with van der Waals surface area (Å²) in [6.07, 6.45) is 3.60. The van der Waals surface area contributed by atoms with E-state index in [9.17, 15) is 10.2 Å². The zero-order chi connectivity index (χ0) is 14.3. The fourth-order valence-electron chi connectivity index (χ4n) is 4.81. The van der Waals surface area contributed by atoms with Crippen LogP contribution in [-0.2, 0) is 0 Å². The number of hydrogen-bond donors (Lipinski definition) is 2. The maximum atomic E-state index is 10.7. The summed E-state index contributed by atoms with van der Waals surface area (Å²) in [5.41, 5.74) is 2.88. The van der Waals surface area contributed by atoms with Crippen molar-refractivity contribution >= 4 is 15.9 Å². The molecular weight excluding hydrogens is 330 g/mol. The molecule has 6 rings (SSSR count). The molecule has 0 radical (unpaired) electrons. The summed E-state index contributed by atoms with van der Waals surface area (Å²) in [5.74, 6) is 2.93. The molecule has 3 nitrogen and oxygen atoms in total. The molecular formula is C17H16BrNO2. The zero-order valence-electron chi connectivity index (χ0n) is 11.5. The van der Waals surface area contributed by atoms with Gasteiger partial charge in [-0.05, 0) is 67.2 Å². The van der Waals surface area contributed by atoms with E-state index < -0.39 is 0 Å². The lowest BCUT2D eigenvalue weighted by molar-refractivity contribution is 0.322. The molecule has 2 fully saturated rings. The van der Waals surface area contributed by atoms with Crippen molar-refractivity contribution in [2.45, 2.75) is 31.1 Å². The fraction of sp³-hybridized carbons (Fsp3) is 0.412. The van der Waals surface area contributed by atoms with E-state index in [4.69, 9.17) is 0 Å². The molecule has 0 unspecified atom stereocenters. The number of benzene rings is 1. The third kappa shape index (κ3) is 1.44. The first-order chi connectivity index (χ1) is 10.2. The molecule has 0 aliphatic heterocycles. The van der Waals surface area contributed by atoms with Gasteiger partial charge in [-0.3, -0.25) is 4.57 Å². The van der Waals surface area contributed by atoms with Crippen molar-refractivity contribution in [3.05, 3.63) is 39.9 Å².